The average Bonchev–Trinajstić information content (AvgIpc) is 2.69. The van der Waals surface area contributed by atoms with Crippen molar-refractivity contribution < 1.29 is 4.74 Å². The number of fused-ring (bicyclic) bond motifs is 1. The average molecular weight is 246 g/mol. The van der Waals surface area contributed by atoms with Crippen LogP contribution in [0.25, 0.3) is 10.9 Å². The highest BCUT2D eigenvalue weighted by Gasteiger charge is 2.12. The molecule has 1 heterocycles. The van der Waals surface area contributed by atoms with Gasteiger partial charge in [0.1, 0.15) is 5.75 Å². The summed E-state index contributed by atoms with van der Waals surface area (Å²) in [7, 11) is 5.82. The first-order valence-corrected chi connectivity index (χ1v) is 6.45. The van der Waals surface area contributed by atoms with Gasteiger partial charge in [0.2, 0.25) is 0 Å². The van der Waals surface area contributed by atoms with Gasteiger partial charge in [-0.1, -0.05) is 6.07 Å². The third-order valence-electron chi connectivity index (χ3n) is 3.47. The van der Waals surface area contributed by atoms with Crippen LogP contribution >= 0.6 is 0 Å². The van der Waals surface area contributed by atoms with E-state index < -0.39 is 0 Å². The maximum Gasteiger partial charge on any atom is 0.143 e. The highest BCUT2D eigenvalue weighted by Crippen LogP contribution is 2.32. The lowest BCUT2D eigenvalue weighted by Gasteiger charge is -2.07. The third-order valence-corrected chi connectivity index (χ3v) is 3.47. The molecule has 98 valence electrons. The number of rotatable bonds is 5. The molecule has 0 atom stereocenters. The normalized spacial score (nSPS) is 11.1. The molecule has 0 radical (unpaired) electrons. The lowest BCUT2D eigenvalue weighted by Crippen LogP contribution is -2.08. The molecular formula is C15H22N2O. The standard InChI is InChI=1S/C15H22N2O/c1-11-7-8-13(18-4)15-14(11)12(10-17(15)3)6-5-9-16-2/h7-8,10,16H,5-6,9H2,1-4H3. The van der Waals surface area contributed by atoms with E-state index in [2.05, 4.69) is 42.2 Å². The quantitative estimate of drug-likeness (QED) is 0.821. The molecule has 0 saturated carbocycles. The first-order valence-electron chi connectivity index (χ1n) is 6.45. The summed E-state index contributed by atoms with van der Waals surface area (Å²) >= 11 is 0. The molecule has 3 nitrogen and oxygen atoms in total. The zero-order chi connectivity index (χ0) is 13.1. The van der Waals surface area contributed by atoms with Gasteiger partial charge in [-0.15, -0.1) is 0 Å². The first-order chi connectivity index (χ1) is 8.69. The summed E-state index contributed by atoms with van der Waals surface area (Å²) in [6.07, 6.45) is 4.49. The van der Waals surface area contributed by atoms with Gasteiger partial charge in [0.15, 0.2) is 0 Å². The number of nitrogens with one attached hydrogen (secondary N) is 1. The van der Waals surface area contributed by atoms with Crippen LogP contribution in [0.15, 0.2) is 18.3 Å². The lowest BCUT2D eigenvalue weighted by molar-refractivity contribution is 0.418. The van der Waals surface area contributed by atoms with E-state index in [1.165, 1.54) is 22.0 Å². The predicted octanol–water partition coefficient (Wildman–Crippen LogP) is 2.65. The fourth-order valence-corrected chi connectivity index (χ4v) is 2.60. The van der Waals surface area contributed by atoms with E-state index in [1.807, 2.05) is 7.05 Å². The Kier molecular flexibility index (Phi) is 3.92. The van der Waals surface area contributed by atoms with Gasteiger partial charge in [-0.25, -0.2) is 0 Å². The maximum atomic E-state index is 5.47. The number of ether oxygens (including phenoxy) is 1. The number of hydrogen-bond donors (Lipinski definition) is 1. The summed E-state index contributed by atoms with van der Waals surface area (Å²) < 4.78 is 7.65. The van der Waals surface area contributed by atoms with Gasteiger partial charge in [0, 0.05) is 18.6 Å². The highest BCUT2D eigenvalue weighted by molar-refractivity contribution is 5.91. The van der Waals surface area contributed by atoms with Crippen molar-refractivity contribution in [1.29, 1.82) is 0 Å². The zero-order valence-electron chi connectivity index (χ0n) is 11.7. The second-order valence-corrected chi connectivity index (χ2v) is 4.78. The van der Waals surface area contributed by atoms with Gasteiger partial charge < -0.3 is 14.6 Å². The van der Waals surface area contributed by atoms with Crippen molar-refractivity contribution in [2.24, 2.45) is 7.05 Å². The highest BCUT2D eigenvalue weighted by atomic mass is 16.5. The Morgan fingerprint density at radius 3 is 2.78 bits per heavy atom. The molecule has 0 spiro atoms. The number of aryl methyl sites for hydroxylation is 3. The molecular weight excluding hydrogens is 224 g/mol. The summed E-state index contributed by atoms with van der Waals surface area (Å²) in [6.45, 7) is 3.22. The number of benzene rings is 1. The van der Waals surface area contributed by atoms with Gasteiger partial charge in [-0.3, -0.25) is 0 Å². The van der Waals surface area contributed by atoms with Crippen molar-refractivity contribution in [3.05, 3.63) is 29.5 Å². The molecule has 1 aromatic carbocycles. The molecule has 0 aliphatic carbocycles. The molecule has 0 amide bonds. The van der Waals surface area contributed by atoms with Crippen LogP contribution in [0.5, 0.6) is 5.75 Å². The molecule has 0 saturated heterocycles. The SMILES string of the molecule is CNCCCc1cn(C)c2c(OC)ccc(C)c12. The molecule has 0 aliphatic heterocycles. The van der Waals surface area contributed by atoms with Crippen LogP contribution in [0.4, 0.5) is 0 Å². The molecule has 3 heteroatoms. The number of hydrogen-bond acceptors (Lipinski definition) is 2. The fraction of sp³-hybridized carbons (Fsp3) is 0.467. The van der Waals surface area contributed by atoms with Crippen LogP contribution in [-0.2, 0) is 13.5 Å². The summed E-state index contributed by atoms with van der Waals surface area (Å²) in [5.41, 5.74) is 3.95. The third kappa shape index (κ3) is 2.23. The number of aromatic nitrogens is 1. The Morgan fingerprint density at radius 2 is 2.11 bits per heavy atom. The van der Waals surface area contributed by atoms with E-state index in [4.69, 9.17) is 4.74 Å². The van der Waals surface area contributed by atoms with E-state index in [1.54, 1.807) is 7.11 Å². The van der Waals surface area contributed by atoms with E-state index in [0.717, 1.165) is 25.1 Å². The number of nitrogens with zero attached hydrogens (tertiary/aromatic N) is 1. The second kappa shape index (κ2) is 5.44. The summed E-state index contributed by atoms with van der Waals surface area (Å²) in [4.78, 5) is 0. The largest absolute Gasteiger partial charge is 0.495 e. The minimum Gasteiger partial charge on any atom is -0.495 e. The predicted molar refractivity (Wildman–Crippen MR) is 76.5 cm³/mol. The Morgan fingerprint density at radius 1 is 1.33 bits per heavy atom. The minimum atomic E-state index is 0.956. The Balaban J connectivity index is 2.48. The minimum absolute atomic E-state index is 0.956. The van der Waals surface area contributed by atoms with Crippen molar-refractivity contribution in [3.63, 3.8) is 0 Å². The Labute approximate surface area is 109 Å². The summed E-state index contributed by atoms with van der Waals surface area (Å²) in [5.74, 6) is 0.956. The molecule has 0 fully saturated rings. The van der Waals surface area contributed by atoms with E-state index >= 15 is 0 Å². The van der Waals surface area contributed by atoms with Crippen LogP contribution in [0, 0.1) is 6.92 Å². The van der Waals surface area contributed by atoms with Gasteiger partial charge in [0.25, 0.3) is 0 Å². The molecule has 1 N–H and O–H groups in total. The topological polar surface area (TPSA) is 26.2 Å². The smallest absolute Gasteiger partial charge is 0.143 e. The van der Waals surface area contributed by atoms with E-state index in [0.29, 0.717) is 0 Å². The van der Waals surface area contributed by atoms with Crippen LogP contribution < -0.4 is 10.1 Å². The molecule has 1 aromatic heterocycles. The van der Waals surface area contributed by atoms with Gasteiger partial charge >= 0.3 is 0 Å². The van der Waals surface area contributed by atoms with Gasteiger partial charge in [0.05, 0.1) is 12.6 Å². The van der Waals surface area contributed by atoms with Crippen molar-refractivity contribution in [2.45, 2.75) is 19.8 Å². The van der Waals surface area contributed by atoms with Crippen LogP contribution in [0.3, 0.4) is 0 Å². The van der Waals surface area contributed by atoms with Crippen molar-refractivity contribution >= 4 is 10.9 Å². The molecule has 2 rings (SSSR count). The Bertz CT molecular complexity index is 543. The Hall–Kier alpha value is -1.48. The number of methoxy groups -OCH3 is 1. The van der Waals surface area contributed by atoms with Crippen molar-refractivity contribution in [3.8, 4) is 5.75 Å². The monoisotopic (exact) mass is 246 g/mol. The molecule has 2 aromatic rings. The van der Waals surface area contributed by atoms with E-state index in [9.17, 15) is 0 Å². The molecule has 0 bridgehead atoms. The lowest BCUT2D eigenvalue weighted by atomic mass is 10.0. The zero-order valence-corrected chi connectivity index (χ0v) is 11.7. The van der Waals surface area contributed by atoms with E-state index in [-0.39, 0.29) is 0 Å². The van der Waals surface area contributed by atoms with Gasteiger partial charge in [-0.05, 0) is 50.6 Å². The van der Waals surface area contributed by atoms with Crippen LogP contribution in [0.1, 0.15) is 17.5 Å². The summed E-state index contributed by atoms with van der Waals surface area (Å²) in [5, 5.41) is 4.55. The first kappa shape index (κ1) is 13.0. The van der Waals surface area contributed by atoms with Crippen molar-refractivity contribution in [2.75, 3.05) is 20.7 Å². The maximum absolute atomic E-state index is 5.47. The second-order valence-electron chi connectivity index (χ2n) is 4.78. The fourth-order valence-electron chi connectivity index (χ4n) is 2.60. The molecule has 0 unspecified atom stereocenters. The van der Waals surface area contributed by atoms with Crippen LogP contribution in [-0.4, -0.2) is 25.3 Å². The van der Waals surface area contributed by atoms with Crippen molar-refractivity contribution in [1.82, 2.24) is 9.88 Å². The molecule has 18 heavy (non-hydrogen) atoms. The summed E-state index contributed by atoms with van der Waals surface area (Å²) in [6, 6.07) is 4.19. The van der Waals surface area contributed by atoms with Crippen LogP contribution in [0.2, 0.25) is 0 Å². The molecule has 0 aliphatic rings. The van der Waals surface area contributed by atoms with Gasteiger partial charge in [-0.2, -0.15) is 0 Å².